The van der Waals surface area contributed by atoms with Crippen molar-refractivity contribution >= 4 is 11.9 Å². The van der Waals surface area contributed by atoms with Gasteiger partial charge in [0.15, 0.2) is 0 Å². The number of hydrogen-bond donors (Lipinski definition) is 1. The summed E-state index contributed by atoms with van der Waals surface area (Å²) in [5, 5.41) is 2.71. The second-order valence-electron chi connectivity index (χ2n) is 5.42. The highest BCUT2D eigenvalue weighted by atomic mass is 19.1. The molecule has 1 aliphatic carbocycles. The maximum Gasteiger partial charge on any atom is 0.325 e. The average molecular weight is 262 g/mol. The molecule has 5 heteroatoms. The van der Waals surface area contributed by atoms with Crippen LogP contribution in [-0.4, -0.2) is 23.4 Å². The van der Waals surface area contributed by atoms with Gasteiger partial charge in [-0.2, -0.15) is 0 Å². The lowest BCUT2D eigenvalue weighted by molar-refractivity contribution is -0.131. The Bertz CT molecular complexity index is 539. The van der Waals surface area contributed by atoms with Gasteiger partial charge in [-0.05, 0) is 43.4 Å². The largest absolute Gasteiger partial charge is 0.325 e. The van der Waals surface area contributed by atoms with Crippen LogP contribution in [0.15, 0.2) is 24.3 Å². The number of rotatable bonds is 3. The number of amides is 3. The minimum absolute atomic E-state index is 0.254. The number of imide groups is 1. The first-order valence-electron chi connectivity index (χ1n) is 6.41. The number of nitrogens with one attached hydrogen (secondary N) is 1. The third-order valence-corrected chi connectivity index (χ3v) is 3.83. The van der Waals surface area contributed by atoms with Gasteiger partial charge in [-0.15, -0.1) is 0 Å². The zero-order chi connectivity index (χ0) is 13.6. The van der Waals surface area contributed by atoms with E-state index in [0.29, 0.717) is 18.0 Å². The predicted octanol–water partition coefficient (Wildman–Crippen LogP) is 2.00. The highest BCUT2D eigenvalue weighted by molar-refractivity contribution is 6.07. The molecule has 0 radical (unpaired) electrons. The molecular formula is C14H15FN2O2. The molecule has 3 rings (SSSR count). The van der Waals surface area contributed by atoms with E-state index in [-0.39, 0.29) is 17.8 Å². The molecule has 1 aromatic carbocycles. The van der Waals surface area contributed by atoms with E-state index in [1.165, 1.54) is 29.2 Å². The number of carbonyl (C=O) groups excluding carboxylic acids is 2. The van der Waals surface area contributed by atoms with Crippen molar-refractivity contribution in [3.8, 4) is 0 Å². The molecular weight excluding hydrogens is 247 g/mol. The van der Waals surface area contributed by atoms with Crippen LogP contribution < -0.4 is 5.32 Å². The maximum atomic E-state index is 12.9. The van der Waals surface area contributed by atoms with Crippen molar-refractivity contribution in [2.75, 3.05) is 6.54 Å². The summed E-state index contributed by atoms with van der Waals surface area (Å²) < 4.78 is 12.9. The smallest absolute Gasteiger partial charge is 0.319 e. The molecule has 19 heavy (non-hydrogen) atoms. The monoisotopic (exact) mass is 262 g/mol. The van der Waals surface area contributed by atoms with Crippen LogP contribution in [0.5, 0.6) is 0 Å². The quantitative estimate of drug-likeness (QED) is 0.847. The van der Waals surface area contributed by atoms with E-state index in [1.54, 1.807) is 6.92 Å². The van der Waals surface area contributed by atoms with Crippen LogP contribution in [0.3, 0.4) is 0 Å². The van der Waals surface area contributed by atoms with Crippen LogP contribution in [-0.2, 0) is 10.3 Å². The third-order valence-electron chi connectivity index (χ3n) is 3.83. The zero-order valence-electron chi connectivity index (χ0n) is 10.6. The van der Waals surface area contributed by atoms with Gasteiger partial charge in [-0.25, -0.2) is 9.18 Å². The van der Waals surface area contributed by atoms with Gasteiger partial charge in [0.1, 0.15) is 11.4 Å². The van der Waals surface area contributed by atoms with Crippen molar-refractivity contribution in [2.45, 2.75) is 25.3 Å². The molecule has 4 nitrogen and oxygen atoms in total. The van der Waals surface area contributed by atoms with Crippen LogP contribution in [0.25, 0.3) is 0 Å². The minimum atomic E-state index is -1.08. The Labute approximate surface area is 110 Å². The highest BCUT2D eigenvalue weighted by Gasteiger charge is 2.49. The number of urea groups is 1. The molecule has 1 saturated heterocycles. The van der Waals surface area contributed by atoms with Crippen molar-refractivity contribution in [1.82, 2.24) is 10.2 Å². The van der Waals surface area contributed by atoms with Gasteiger partial charge in [-0.3, -0.25) is 9.69 Å². The Morgan fingerprint density at radius 1 is 1.32 bits per heavy atom. The zero-order valence-corrected chi connectivity index (χ0v) is 10.6. The number of nitrogens with zero attached hydrogens (tertiary/aromatic N) is 1. The fraction of sp³-hybridized carbons (Fsp3) is 0.429. The number of carbonyl (C=O) groups is 2. The summed E-state index contributed by atoms with van der Waals surface area (Å²) in [4.78, 5) is 25.6. The summed E-state index contributed by atoms with van der Waals surface area (Å²) in [5.74, 6) is -0.166. The Morgan fingerprint density at radius 2 is 1.95 bits per heavy atom. The van der Waals surface area contributed by atoms with E-state index < -0.39 is 5.54 Å². The Hall–Kier alpha value is -1.91. The van der Waals surface area contributed by atoms with Crippen LogP contribution in [0.1, 0.15) is 25.3 Å². The molecule has 1 atom stereocenters. The summed E-state index contributed by atoms with van der Waals surface area (Å²) in [6.45, 7) is 2.15. The first kappa shape index (κ1) is 12.1. The summed E-state index contributed by atoms with van der Waals surface area (Å²) in [5.41, 5.74) is -0.481. The van der Waals surface area contributed by atoms with Crippen LogP contribution >= 0.6 is 0 Å². The van der Waals surface area contributed by atoms with Gasteiger partial charge in [0, 0.05) is 6.54 Å². The summed E-state index contributed by atoms with van der Waals surface area (Å²) >= 11 is 0. The molecule has 1 aliphatic heterocycles. The fourth-order valence-electron chi connectivity index (χ4n) is 2.40. The Kier molecular flexibility index (Phi) is 2.59. The highest BCUT2D eigenvalue weighted by Crippen LogP contribution is 2.34. The van der Waals surface area contributed by atoms with E-state index in [1.807, 2.05) is 0 Å². The van der Waals surface area contributed by atoms with Crippen molar-refractivity contribution in [1.29, 1.82) is 0 Å². The van der Waals surface area contributed by atoms with Gasteiger partial charge >= 0.3 is 6.03 Å². The van der Waals surface area contributed by atoms with E-state index >= 15 is 0 Å². The molecule has 1 N–H and O–H groups in total. The molecule has 2 fully saturated rings. The normalized spacial score (nSPS) is 26.7. The molecule has 2 aliphatic rings. The van der Waals surface area contributed by atoms with Crippen LogP contribution in [0.2, 0.25) is 0 Å². The molecule has 1 heterocycles. The van der Waals surface area contributed by atoms with Crippen molar-refractivity contribution in [2.24, 2.45) is 5.92 Å². The molecule has 0 aromatic heterocycles. The van der Waals surface area contributed by atoms with Gasteiger partial charge < -0.3 is 5.32 Å². The second kappa shape index (κ2) is 4.05. The summed E-state index contributed by atoms with van der Waals surface area (Å²) in [7, 11) is 0. The number of halogens is 1. The number of hydrogen-bond acceptors (Lipinski definition) is 2. The standard InChI is InChI=1S/C14H15FN2O2/c1-14(10-4-6-11(15)7-5-10)12(18)17(13(19)16-14)8-9-2-3-9/h4-7,9H,2-3,8H2,1H3,(H,16,19)/t14-/m0/s1. The van der Waals surface area contributed by atoms with Crippen LogP contribution in [0.4, 0.5) is 9.18 Å². The van der Waals surface area contributed by atoms with Crippen molar-refractivity contribution in [3.63, 3.8) is 0 Å². The number of benzene rings is 1. The summed E-state index contributed by atoms with van der Waals surface area (Å²) in [6.07, 6.45) is 2.15. The molecule has 1 aromatic rings. The lowest BCUT2D eigenvalue weighted by Gasteiger charge is -2.22. The minimum Gasteiger partial charge on any atom is -0.319 e. The van der Waals surface area contributed by atoms with E-state index in [9.17, 15) is 14.0 Å². The molecule has 0 spiro atoms. The SMILES string of the molecule is C[C@@]1(c2ccc(F)cc2)NC(=O)N(CC2CC2)C1=O. The van der Waals surface area contributed by atoms with E-state index in [2.05, 4.69) is 5.32 Å². The van der Waals surface area contributed by atoms with Crippen molar-refractivity contribution < 1.29 is 14.0 Å². The second-order valence-corrected chi connectivity index (χ2v) is 5.42. The van der Waals surface area contributed by atoms with Gasteiger partial charge in [0.05, 0.1) is 0 Å². The topological polar surface area (TPSA) is 49.4 Å². The summed E-state index contributed by atoms with van der Waals surface area (Å²) in [6, 6.07) is 5.30. The molecule has 1 saturated carbocycles. The fourth-order valence-corrected chi connectivity index (χ4v) is 2.40. The average Bonchev–Trinajstić information content (AvgIpc) is 3.15. The Morgan fingerprint density at radius 3 is 2.53 bits per heavy atom. The van der Waals surface area contributed by atoms with Gasteiger partial charge in [0.2, 0.25) is 0 Å². The van der Waals surface area contributed by atoms with E-state index in [4.69, 9.17) is 0 Å². The van der Waals surface area contributed by atoms with Gasteiger partial charge in [0.25, 0.3) is 5.91 Å². The van der Waals surface area contributed by atoms with Gasteiger partial charge in [-0.1, -0.05) is 12.1 Å². The van der Waals surface area contributed by atoms with E-state index in [0.717, 1.165) is 12.8 Å². The molecule has 100 valence electrons. The first-order chi connectivity index (χ1) is 9.00. The molecule has 0 bridgehead atoms. The molecule has 0 unspecified atom stereocenters. The lowest BCUT2D eigenvalue weighted by Crippen LogP contribution is -2.41. The predicted molar refractivity (Wildman–Crippen MR) is 66.7 cm³/mol. The Balaban J connectivity index is 1.89. The van der Waals surface area contributed by atoms with Crippen molar-refractivity contribution in [3.05, 3.63) is 35.6 Å². The third kappa shape index (κ3) is 1.99. The lowest BCUT2D eigenvalue weighted by atomic mass is 9.92. The van der Waals surface area contributed by atoms with Crippen LogP contribution in [0, 0.1) is 11.7 Å². The maximum absolute atomic E-state index is 12.9. The molecule has 3 amide bonds. The first-order valence-corrected chi connectivity index (χ1v) is 6.41.